The summed E-state index contributed by atoms with van der Waals surface area (Å²) in [6.07, 6.45) is 0. The van der Waals surface area contributed by atoms with Gasteiger partial charge in [0.2, 0.25) is 5.91 Å². The van der Waals surface area contributed by atoms with E-state index in [1.54, 1.807) is 0 Å². The Labute approximate surface area is 132 Å². The molecule has 0 unspecified atom stereocenters. The van der Waals surface area contributed by atoms with Crippen LogP contribution in [0.3, 0.4) is 0 Å². The van der Waals surface area contributed by atoms with E-state index in [0.29, 0.717) is 6.54 Å². The van der Waals surface area contributed by atoms with Crippen LogP contribution >= 0.6 is 0 Å². The van der Waals surface area contributed by atoms with Crippen LogP contribution in [0.1, 0.15) is 46.5 Å². The van der Waals surface area contributed by atoms with E-state index in [1.807, 2.05) is 58.9 Å². The molecule has 0 saturated carbocycles. The van der Waals surface area contributed by atoms with Crippen molar-refractivity contribution >= 4 is 16.9 Å². The van der Waals surface area contributed by atoms with E-state index in [1.165, 1.54) is 0 Å². The van der Waals surface area contributed by atoms with Crippen molar-refractivity contribution in [3.63, 3.8) is 0 Å². The molecular weight excluding hydrogens is 274 g/mol. The summed E-state index contributed by atoms with van der Waals surface area (Å²) in [6, 6.07) is 7.86. The molecule has 0 aliphatic carbocycles. The number of para-hydroxylation sites is 2. The van der Waals surface area contributed by atoms with E-state index in [2.05, 4.69) is 16.5 Å². The molecule has 1 amide bonds. The van der Waals surface area contributed by atoms with Crippen LogP contribution < -0.4 is 5.32 Å². The molecule has 22 heavy (non-hydrogen) atoms. The van der Waals surface area contributed by atoms with Gasteiger partial charge in [-0.2, -0.15) is 0 Å². The Hall–Kier alpha value is -2.10. The fraction of sp³-hybridized carbons (Fsp3) is 0.444. The van der Waals surface area contributed by atoms with Gasteiger partial charge in [-0.1, -0.05) is 45.1 Å². The standard InChI is InChI=1S/C18H25N3O/c1-12(2)11-21-15-10-8-7-9-14(15)20-16(21)13(3)19-17(22)18(4,5)6/h7-10,13H,1,11H2,2-6H3,(H,19,22)/t13-/m0/s1. The summed E-state index contributed by atoms with van der Waals surface area (Å²) in [7, 11) is 0. The van der Waals surface area contributed by atoms with Gasteiger partial charge in [-0.3, -0.25) is 4.79 Å². The molecule has 0 aliphatic heterocycles. The Balaban J connectivity index is 2.41. The number of rotatable bonds is 4. The molecule has 1 atom stereocenters. The molecule has 2 aromatic rings. The maximum Gasteiger partial charge on any atom is 0.225 e. The molecule has 1 N–H and O–H groups in total. The van der Waals surface area contributed by atoms with Crippen LogP contribution in [0, 0.1) is 5.41 Å². The summed E-state index contributed by atoms with van der Waals surface area (Å²) in [4.78, 5) is 16.9. The highest BCUT2D eigenvalue weighted by molar-refractivity contribution is 5.82. The summed E-state index contributed by atoms with van der Waals surface area (Å²) < 4.78 is 2.13. The highest BCUT2D eigenvalue weighted by atomic mass is 16.2. The average molecular weight is 299 g/mol. The quantitative estimate of drug-likeness (QED) is 0.872. The topological polar surface area (TPSA) is 46.9 Å². The fourth-order valence-corrected chi connectivity index (χ4v) is 2.34. The van der Waals surface area contributed by atoms with Crippen LogP contribution in [0.2, 0.25) is 0 Å². The number of hydrogen-bond acceptors (Lipinski definition) is 2. The van der Waals surface area contributed by atoms with Crippen molar-refractivity contribution in [2.45, 2.75) is 47.2 Å². The molecule has 1 aromatic carbocycles. The van der Waals surface area contributed by atoms with Crippen LogP contribution in [-0.4, -0.2) is 15.5 Å². The highest BCUT2D eigenvalue weighted by Gasteiger charge is 2.25. The van der Waals surface area contributed by atoms with Crippen molar-refractivity contribution in [1.82, 2.24) is 14.9 Å². The van der Waals surface area contributed by atoms with E-state index >= 15 is 0 Å². The smallest absolute Gasteiger partial charge is 0.225 e. The van der Waals surface area contributed by atoms with E-state index in [-0.39, 0.29) is 11.9 Å². The zero-order valence-corrected chi connectivity index (χ0v) is 14.1. The van der Waals surface area contributed by atoms with Gasteiger partial charge < -0.3 is 9.88 Å². The molecule has 0 fully saturated rings. The Morgan fingerprint density at radius 3 is 2.59 bits per heavy atom. The number of carbonyl (C=O) groups is 1. The number of fused-ring (bicyclic) bond motifs is 1. The summed E-state index contributed by atoms with van der Waals surface area (Å²) in [5.74, 6) is 0.885. The predicted molar refractivity (Wildman–Crippen MR) is 90.6 cm³/mol. The first kappa shape index (κ1) is 16.3. The van der Waals surface area contributed by atoms with Gasteiger partial charge in [-0.15, -0.1) is 0 Å². The SMILES string of the molecule is C=C(C)Cn1c([C@H](C)NC(=O)C(C)(C)C)nc2ccccc21. The normalized spacial score (nSPS) is 13.1. The molecule has 0 spiro atoms. The fourth-order valence-electron chi connectivity index (χ4n) is 2.34. The largest absolute Gasteiger partial charge is 0.346 e. The maximum absolute atomic E-state index is 12.2. The molecule has 1 aromatic heterocycles. The maximum atomic E-state index is 12.2. The van der Waals surface area contributed by atoms with Crippen molar-refractivity contribution in [3.8, 4) is 0 Å². The van der Waals surface area contributed by atoms with Crippen LogP contribution in [0.25, 0.3) is 11.0 Å². The van der Waals surface area contributed by atoms with Crippen molar-refractivity contribution in [2.75, 3.05) is 0 Å². The van der Waals surface area contributed by atoms with E-state index in [4.69, 9.17) is 4.98 Å². The first-order valence-corrected chi connectivity index (χ1v) is 7.60. The van der Waals surface area contributed by atoms with Gasteiger partial charge in [0, 0.05) is 12.0 Å². The molecule has 0 aliphatic rings. The zero-order valence-electron chi connectivity index (χ0n) is 14.1. The van der Waals surface area contributed by atoms with E-state index in [0.717, 1.165) is 22.4 Å². The van der Waals surface area contributed by atoms with Crippen molar-refractivity contribution in [1.29, 1.82) is 0 Å². The van der Waals surface area contributed by atoms with Crippen molar-refractivity contribution < 1.29 is 4.79 Å². The Kier molecular flexibility index (Phi) is 4.40. The number of allylic oxidation sites excluding steroid dienone is 1. The summed E-state index contributed by atoms with van der Waals surface area (Å²) in [6.45, 7) is 14.4. The van der Waals surface area contributed by atoms with E-state index < -0.39 is 5.41 Å². The Morgan fingerprint density at radius 1 is 1.36 bits per heavy atom. The van der Waals surface area contributed by atoms with Crippen molar-refractivity contribution in [3.05, 3.63) is 42.2 Å². The molecule has 4 nitrogen and oxygen atoms in total. The third-order valence-electron chi connectivity index (χ3n) is 3.53. The van der Waals surface area contributed by atoms with Crippen molar-refractivity contribution in [2.24, 2.45) is 5.41 Å². The number of carbonyl (C=O) groups excluding carboxylic acids is 1. The molecule has 118 valence electrons. The molecule has 1 heterocycles. The van der Waals surface area contributed by atoms with Crippen LogP contribution in [0.5, 0.6) is 0 Å². The molecule has 0 saturated heterocycles. The van der Waals surface area contributed by atoms with E-state index in [9.17, 15) is 4.79 Å². The monoisotopic (exact) mass is 299 g/mol. The minimum Gasteiger partial charge on any atom is -0.346 e. The minimum absolute atomic E-state index is 0.0222. The Bertz CT molecular complexity index is 707. The number of benzene rings is 1. The number of nitrogens with one attached hydrogen (secondary N) is 1. The third kappa shape index (κ3) is 3.38. The lowest BCUT2D eigenvalue weighted by molar-refractivity contribution is -0.129. The van der Waals surface area contributed by atoms with Gasteiger partial charge in [0.15, 0.2) is 0 Å². The second kappa shape index (κ2) is 5.95. The number of imidazole rings is 1. The van der Waals surface area contributed by atoms with Gasteiger partial charge in [0.1, 0.15) is 5.82 Å². The molecule has 0 bridgehead atoms. The highest BCUT2D eigenvalue weighted by Crippen LogP contribution is 2.23. The molecular formula is C18H25N3O. The summed E-state index contributed by atoms with van der Waals surface area (Å²) in [5.41, 5.74) is 2.64. The number of hydrogen-bond donors (Lipinski definition) is 1. The first-order chi connectivity index (χ1) is 10.2. The first-order valence-electron chi connectivity index (χ1n) is 7.60. The lowest BCUT2D eigenvalue weighted by atomic mass is 9.95. The van der Waals surface area contributed by atoms with Crippen LogP contribution in [0.4, 0.5) is 0 Å². The van der Waals surface area contributed by atoms with Crippen LogP contribution in [0.15, 0.2) is 36.4 Å². The lowest BCUT2D eigenvalue weighted by Crippen LogP contribution is -2.37. The molecule has 4 heteroatoms. The average Bonchev–Trinajstić information content (AvgIpc) is 2.76. The summed E-state index contributed by atoms with van der Waals surface area (Å²) >= 11 is 0. The van der Waals surface area contributed by atoms with Gasteiger partial charge in [-0.25, -0.2) is 4.98 Å². The number of aromatic nitrogens is 2. The zero-order chi connectivity index (χ0) is 16.5. The van der Waals surface area contributed by atoms with Gasteiger partial charge in [-0.05, 0) is 26.0 Å². The molecule has 2 rings (SSSR count). The number of nitrogens with zero attached hydrogens (tertiary/aromatic N) is 2. The van der Waals surface area contributed by atoms with Gasteiger partial charge in [0.25, 0.3) is 0 Å². The minimum atomic E-state index is -0.417. The Morgan fingerprint density at radius 2 is 2.00 bits per heavy atom. The number of amides is 1. The molecule has 0 radical (unpaired) electrons. The van der Waals surface area contributed by atoms with Gasteiger partial charge in [0.05, 0.1) is 17.1 Å². The summed E-state index contributed by atoms with van der Waals surface area (Å²) in [5, 5.41) is 3.06. The van der Waals surface area contributed by atoms with Crippen LogP contribution in [-0.2, 0) is 11.3 Å². The van der Waals surface area contributed by atoms with Gasteiger partial charge >= 0.3 is 0 Å². The second-order valence-electron chi connectivity index (χ2n) is 6.95. The third-order valence-corrected chi connectivity index (χ3v) is 3.53. The second-order valence-corrected chi connectivity index (χ2v) is 6.95. The predicted octanol–water partition coefficient (Wildman–Crippen LogP) is 3.84. The lowest BCUT2D eigenvalue weighted by Gasteiger charge is -2.22.